The van der Waals surface area contributed by atoms with E-state index >= 15 is 0 Å². The average molecular weight is 253 g/mol. The number of hydrogen-bond acceptors (Lipinski definition) is 3. The highest BCUT2D eigenvalue weighted by Crippen LogP contribution is 2.21. The molecule has 1 aliphatic rings. The SMILES string of the molecule is CCNC(CCc1ccsc1)C1CCCOC1. The van der Waals surface area contributed by atoms with E-state index in [0.29, 0.717) is 12.0 Å². The van der Waals surface area contributed by atoms with E-state index in [0.717, 1.165) is 19.8 Å². The van der Waals surface area contributed by atoms with Gasteiger partial charge in [0.1, 0.15) is 0 Å². The van der Waals surface area contributed by atoms with Crippen molar-refractivity contribution in [3.05, 3.63) is 22.4 Å². The summed E-state index contributed by atoms with van der Waals surface area (Å²) in [5.41, 5.74) is 1.48. The van der Waals surface area contributed by atoms with Gasteiger partial charge in [0.15, 0.2) is 0 Å². The van der Waals surface area contributed by atoms with Crippen LogP contribution in [0, 0.1) is 5.92 Å². The van der Waals surface area contributed by atoms with Gasteiger partial charge in [-0.15, -0.1) is 0 Å². The van der Waals surface area contributed by atoms with Crippen molar-refractivity contribution in [3.8, 4) is 0 Å². The molecule has 0 bridgehead atoms. The Morgan fingerprint density at radius 3 is 3.18 bits per heavy atom. The summed E-state index contributed by atoms with van der Waals surface area (Å²) in [4.78, 5) is 0. The second-order valence-corrected chi connectivity index (χ2v) is 5.59. The lowest BCUT2D eigenvalue weighted by molar-refractivity contribution is 0.0382. The second kappa shape index (κ2) is 7.14. The van der Waals surface area contributed by atoms with Crippen molar-refractivity contribution in [1.82, 2.24) is 5.32 Å². The summed E-state index contributed by atoms with van der Waals surface area (Å²) in [6, 6.07) is 2.87. The third kappa shape index (κ3) is 4.09. The Bertz CT molecular complexity index is 293. The lowest BCUT2D eigenvalue weighted by Gasteiger charge is -2.30. The van der Waals surface area contributed by atoms with Crippen LogP contribution in [0.2, 0.25) is 0 Å². The lowest BCUT2D eigenvalue weighted by atomic mass is 9.90. The molecule has 0 radical (unpaired) electrons. The van der Waals surface area contributed by atoms with Gasteiger partial charge in [-0.25, -0.2) is 0 Å². The lowest BCUT2D eigenvalue weighted by Crippen LogP contribution is -2.40. The van der Waals surface area contributed by atoms with Crippen molar-refractivity contribution in [2.24, 2.45) is 5.92 Å². The fourth-order valence-electron chi connectivity index (χ4n) is 2.61. The minimum Gasteiger partial charge on any atom is -0.381 e. The molecule has 0 spiro atoms. The molecule has 1 aromatic rings. The van der Waals surface area contributed by atoms with Crippen LogP contribution in [0.3, 0.4) is 0 Å². The zero-order valence-corrected chi connectivity index (χ0v) is 11.5. The van der Waals surface area contributed by atoms with Crippen molar-refractivity contribution in [2.75, 3.05) is 19.8 Å². The molecule has 1 aromatic heterocycles. The third-order valence-electron chi connectivity index (χ3n) is 3.55. The van der Waals surface area contributed by atoms with Crippen molar-refractivity contribution < 1.29 is 4.74 Å². The van der Waals surface area contributed by atoms with Crippen LogP contribution in [0.15, 0.2) is 16.8 Å². The minimum absolute atomic E-state index is 0.625. The molecule has 2 unspecified atom stereocenters. The summed E-state index contributed by atoms with van der Waals surface area (Å²) in [6.45, 7) is 5.16. The summed E-state index contributed by atoms with van der Waals surface area (Å²) in [7, 11) is 0. The van der Waals surface area contributed by atoms with Crippen LogP contribution in [0.5, 0.6) is 0 Å². The van der Waals surface area contributed by atoms with Gasteiger partial charge in [0.05, 0.1) is 6.61 Å². The molecule has 96 valence electrons. The Morgan fingerprint density at radius 2 is 2.53 bits per heavy atom. The second-order valence-electron chi connectivity index (χ2n) is 4.81. The fourth-order valence-corrected chi connectivity index (χ4v) is 3.31. The van der Waals surface area contributed by atoms with Crippen LogP contribution in [0.1, 0.15) is 31.7 Å². The highest BCUT2D eigenvalue weighted by Gasteiger charge is 2.23. The highest BCUT2D eigenvalue weighted by atomic mass is 32.1. The molecular formula is C14H23NOS. The largest absolute Gasteiger partial charge is 0.381 e. The third-order valence-corrected chi connectivity index (χ3v) is 4.29. The first kappa shape index (κ1) is 13.1. The molecular weight excluding hydrogens is 230 g/mol. The van der Waals surface area contributed by atoms with Gasteiger partial charge in [-0.2, -0.15) is 11.3 Å². The molecule has 1 aliphatic heterocycles. The van der Waals surface area contributed by atoms with Gasteiger partial charge < -0.3 is 10.1 Å². The molecule has 0 saturated carbocycles. The number of nitrogens with one attached hydrogen (secondary N) is 1. The van der Waals surface area contributed by atoms with Gasteiger partial charge >= 0.3 is 0 Å². The number of aryl methyl sites for hydroxylation is 1. The molecule has 0 amide bonds. The Hall–Kier alpha value is -0.380. The quantitative estimate of drug-likeness (QED) is 0.841. The van der Waals surface area contributed by atoms with E-state index in [1.54, 1.807) is 11.3 Å². The van der Waals surface area contributed by atoms with Crippen molar-refractivity contribution in [3.63, 3.8) is 0 Å². The number of hydrogen-bond donors (Lipinski definition) is 1. The summed E-state index contributed by atoms with van der Waals surface area (Å²) in [5, 5.41) is 8.07. The normalized spacial score (nSPS) is 22.5. The predicted octanol–water partition coefficient (Wildman–Crippen LogP) is 3.09. The van der Waals surface area contributed by atoms with Crippen molar-refractivity contribution >= 4 is 11.3 Å². The Kier molecular flexibility index (Phi) is 5.49. The van der Waals surface area contributed by atoms with Gasteiger partial charge in [-0.1, -0.05) is 6.92 Å². The summed E-state index contributed by atoms with van der Waals surface area (Å²) in [5.74, 6) is 0.710. The molecule has 17 heavy (non-hydrogen) atoms. The zero-order valence-electron chi connectivity index (χ0n) is 10.7. The number of thiophene rings is 1. The van der Waals surface area contributed by atoms with E-state index in [9.17, 15) is 0 Å². The Labute approximate surface area is 108 Å². The number of rotatable bonds is 6. The average Bonchev–Trinajstić information content (AvgIpc) is 2.88. The standard InChI is InChI=1S/C14H23NOS/c1-2-15-14(13-4-3-8-16-10-13)6-5-12-7-9-17-11-12/h7,9,11,13-15H,2-6,8,10H2,1H3. The van der Waals surface area contributed by atoms with Crippen LogP contribution in [0.4, 0.5) is 0 Å². The molecule has 1 N–H and O–H groups in total. The van der Waals surface area contributed by atoms with E-state index < -0.39 is 0 Å². The van der Waals surface area contributed by atoms with E-state index in [4.69, 9.17) is 4.74 Å². The molecule has 1 fully saturated rings. The molecule has 0 aromatic carbocycles. The molecule has 2 nitrogen and oxygen atoms in total. The predicted molar refractivity (Wildman–Crippen MR) is 73.6 cm³/mol. The van der Waals surface area contributed by atoms with Crippen molar-refractivity contribution in [2.45, 2.75) is 38.6 Å². The molecule has 2 rings (SSSR count). The minimum atomic E-state index is 0.625. The van der Waals surface area contributed by atoms with Crippen LogP contribution >= 0.6 is 11.3 Å². The van der Waals surface area contributed by atoms with E-state index in [-0.39, 0.29) is 0 Å². The Morgan fingerprint density at radius 1 is 1.59 bits per heavy atom. The summed E-state index contributed by atoms with van der Waals surface area (Å²) >= 11 is 1.80. The van der Waals surface area contributed by atoms with E-state index in [1.807, 2.05) is 0 Å². The monoisotopic (exact) mass is 253 g/mol. The first-order valence-electron chi connectivity index (χ1n) is 6.72. The van der Waals surface area contributed by atoms with Crippen LogP contribution in [-0.4, -0.2) is 25.8 Å². The van der Waals surface area contributed by atoms with Crippen LogP contribution in [-0.2, 0) is 11.2 Å². The molecule has 2 heterocycles. The smallest absolute Gasteiger partial charge is 0.0509 e. The van der Waals surface area contributed by atoms with Gasteiger partial charge in [0.2, 0.25) is 0 Å². The number of ether oxygens (including phenoxy) is 1. The molecule has 0 aliphatic carbocycles. The first-order chi connectivity index (χ1) is 8.40. The Balaban J connectivity index is 1.82. The summed E-state index contributed by atoms with van der Waals surface area (Å²) in [6.07, 6.45) is 4.97. The molecule has 1 saturated heterocycles. The van der Waals surface area contributed by atoms with Crippen LogP contribution in [0.25, 0.3) is 0 Å². The van der Waals surface area contributed by atoms with E-state index in [1.165, 1.54) is 31.2 Å². The maximum atomic E-state index is 5.61. The highest BCUT2D eigenvalue weighted by molar-refractivity contribution is 7.07. The molecule has 3 heteroatoms. The molecule has 2 atom stereocenters. The van der Waals surface area contributed by atoms with Gasteiger partial charge in [0, 0.05) is 12.6 Å². The van der Waals surface area contributed by atoms with Gasteiger partial charge in [-0.05, 0) is 60.5 Å². The zero-order chi connectivity index (χ0) is 11.9. The van der Waals surface area contributed by atoms with Gasteiger partial charge in [-0.3, -0.25) is 0 Å². The summed E-state index contributed by atoms with van der Waals surface area (Å²) < 4.78 is 5.61. The maximum absolute atomic E-state index is 5.61. The van der Waals surface area contributed by atoms with Crippen LogP contribution < -0.4 is 5.32 Å². The topological polar surface area (TPSA) is 21.3 Å². The van der Waals surface area contributed by atoms with Gasteiger partial charge in [0.25, 0.3) is 0 Å². The fraction of sp³-hybridized carbons (Fsp3) is 0.714. The maximum Gasteiger partial charge on any atom is 0.0509 e. The van der Waals surface area contributed by atoms with E-state index in [2.05, 4.69) is 29.1 Å². The van der Waals surface area contributed by atoms with Crippen molar-refractivity contribution in [1.29, 1.82) is 0 Å². The first-order valence-corrected chi connectivity index (χ1v) is 7.66.